The first-order valence-electron chi connectivity index (χ1n) is 13.1. The molecule has 2 aromatic carbocycles. The first-order valence-corrected chi connectivity index (χ1v) is 13.5. The topological polar surface area (TPSA) is 152 Å². The molecule has 1 saturated heterocycles. The molecule has 0 aliphatic carbocycles. The van der Waals surface area contributed by atoms with Gasteiger partial charge < -0.3 is 25.1 Å². The number of imidazole rings is 1. The lowest BCUT2D eigenvalue weighted by Crippen LogP contribution is -2.52. The molecule has 3 N–H and O–H groups in total. The van der Waals surface area contributed by atoms with Crippen molar-refractivity contribution in [2.24, 2.45) is 0 Å². The van der Waals surface area contributed by atoms with Crippen LogP contribution in [0.25, 0.3) is 11.2 Å². The zero-order chi connectivity index (χ0) is 30.0. The fourth-order valence-corrected chi connectivity index (χ4v) is 4.94. The number of anilines is 1. The average Bonchev–Trinajstić information content (AvgIpc) is 3.51. The number of fused-ring (bicyclic) bond motifs is 1. The Hall–Kier alpha value is -3.97. The number of benzene rings is 2. The summed E-state index contributed by atoms with van der Waals surface area (Å²) in [5, 5.41) is 10.6. The van der Waals surface area contributed by atoms with Crippen LogP contribution in [0.5, 0.6) is 0 Å². The number of halogens is 2. The highest BCUT2D eigenvalue weighted by atomic mass is 35.5. The van der Waals surface area contributed by atoms with Gasteiger partial charge in [0.15, 0.2) is 29.6 Å². The SMILES string of the molecule is CC(=O)C(Cc1ccc(C)cc1)(OC[C@H]1O[C@@H](n2cnc3c(N)nc(Cl)nc32)[C@@H](F)[C@@H]1O)C(=O)OCc1ccccc1. The van der Waals surface area contributed by atoms with Crippen molar-refractivity contribution in [2.75, 3.05) is 12.3 Å². The molecule has 0 bridgehead atoms. The van der Waals surface area contributed by atoms with Crippen molar-refractivity contribution in [3.8, 4) is 0 Å². The summed E-state index contributed by atoms with van der Waals surface area (Å²) in [5.41, 5.74) is 6.39. The molecule has 0 amide bonds. The number of aliphatic hydroxyl groups is 1. The number of ketones is 1. The Balaban J connectivity index is 1.39. The molecule has 220 valence electrons. The lowest BCUT2D eigenvalue weighted by Gasteiger charge is -2.31. The maximum atomic E-state index is 15.4. The lowest BCUT2D eigenvalue weighted by molar-refractivity contribution is -0.184. The third-order valence-corrected chi connectivity index (χ3v) is 7.34. The van der Waals surface area contributed by atoms with Gasteiger partial charge in [-0.05, 0) is 36.6 Å². The van der Waals surface area contributed by atoms with E-state index < -0.39 is 48.6 Å². The van der Waals surface area contributed by atoms with E-state index in [1.54, 1.807) is 36.4 Å². The summed E-state index contributed by atoms with van der Waals surface area (Å²) >= 11 is 5.93. The molecule has 5 atom stereocenters. The van der Waals surface area contributed by atoms with Gasteiger partial charge in [0, 0.05) is 6.42 Å². The molecule has 13 heteroatoms. The predicted octanol–water partition coefficient (Wildman–Crippen LogP) is 3.30. The number of hydrogen-bond acceptors (Lipinski definition) is 10. The zero-order valence-corrected chi connectivity index (χ0v) is 23.6. The van der Waals surface area contributed by atoms with Gasteiger partial charge in [-0.2, -0.15) is 9.97 Å². The van der Waals surface area contributed by atoms with E-state index in [-0.39, 0.29) is 35.3 Å². The van der Waals surface area contributed by atoms with E-state index in [9.17, 15) is 14.7 Å². The molecule has 1 aliphatic rings. The molecule has 1 aliphatic heterocycles. The van der Waals surface area contributed by atoms with Crippen molar-refractivity contribution in [2.45, 2.75) is 57.1 Å². The molecular formula is C29H29ClFN5O6. The Labute approximate surface area is 245 Å². The second-order valence-electron chi connectivity index (χ2n) is 10.1. The summed E-state index contributed by atoms with van der Waals surface area (Å²) in [7, 11) is 0. The van der Waals surface area contributed by atoms with E-state index in [0.717, 1.165) is 5.56 Å². The molecular weight excluding hydrogens is 569 g/mol. The van der Waals surface area contributed by atoms with Gasteiger partial charge in [0.1, 0.15) is 24.3 Å². The van der Waals surface area contributed by atoms with Gasteiger partial charge in [0.25, 0.3) is 0 Å². The minimum Gasteiger partial charge on any atom is -0.458 e. The average molecular weight is 598 g/mol. The van der Waals surface area contributed by atoms with Gasteiger partial charge in [0.05, 0.1) is 12.9 Å². The Morgan fingerprint density at radius 1 is 1.14 bits per heavy atom. The number of aliphatic hydroxyl groups excluding tert-OH is 1. The van der Waals surface area contributed by atoms with Gasteiger partial charge in [0.2, 0.25) is 10.9 Å². The molecule has 2 aromatic heterocycles. The smallest absolute Gasteiger partial charge is 0.346 e. The summed E-state index contributed by atoms with van der Waals surface area (Å²) in [6.45, 7) is 2.53. The Morgan fingerprint density at radius 2 is 1.86 bits per heavy atom. The van der Waals surface area contributed by atoms with Crippen LogP contribution in [-0.2, 0) is 36.8 Å². The van der Waals surface area contributed by atoms with Crippen LogP contribution in [-0.4, -0.2) is 67.0 Å². The lowest BCUT2D eigenvalue weighted by atomic mass is 9.90. The molecule has 1 fully saturated rings. The molecule has 1 unspecified atom stereocenters. The molecule has 3 heterocycles. The Bertz CT molecular complexity index is 1590. The van der Waals surface area contributed by atoms with Gasteiger partial charge in [-0.1, -0.05) is 60.2 Å². The standard InChI is InChI=1S/C29H29ClFN5O6/c1-16-8-10-18(11-9-16)12-29(17(2)37,27(39)40-13-19-6-4-3-5-7-19)41-14-20-23(38)21(31)26(42-20)36-15-33-22-24(32)34-28(30)35-25(22)36/h3-11,15,20-21,23,26,38H,12-14H2,1-2H3,(H2,32,34,35)/t20-,21+,23-,26-,29?/m1/s1. The van der Waals surface area contributed by atoms with Crippen molar-refractivity contribution >= 4 is 40.3 Å². The molecule has 4 aromatic rings. The van der Waals surface area contributed by atoms with Crippen molar-refractivity contribution in [3.63, 3.8) is 0 Å². The van der Waals surface area contributed by atoms with Crippen molar-refractivity contribution < 1.29 is 33.3 Å². The van der Waals surface area contributed by atoms with Crippen LogP contribution in [0.1, 0.15) is 29.8 Å². The molecule has 42 heavy (non-hydrogen) atoms. The van der Waals surface area contributed by atoms with E-state index in [1.165, 1.54) is 17.8 Å². The number of nitrogens with zero attached hydrogens (tertiary/aromatic N) is 4. The maximum absolute atomic E-state index is 15.4. The third kappa shape index (κ3) is 5.84. The number of Topliss-reactive ketones (excluding diaryl/α,β-unsaturated/α-hetero) is 1. The second-order valence-corrected chi connectivity index (χ2v) is 10.5. The largest absolute Gasteiger partial charge is 0.458 e. The molecule has 0 saturated carbocycles. The van der Waals surface area contributed by atoms with Crippen LogP contribution in [0.4, 0.5) is 10.2 Å². The quantitative estimate of drug-likeness (QED) is 0.158. The molecule has 5 rings (SSSR count). The van der Waals surface area contributed by atoms with Crippen LogP contribution >= 0.6 is 11.6 Å². The van der Waals surface area contributed by atoms with Crippen LogP contribution in [0.2, 0.25) is 5.28 Å². The van der Waals surface area contributed by atoms with E-state index >= 15 is 4.39 Å². The number of aryl methyl sites for hydroxylation is 1. The molecule has 11 nitrogen and oxygen atoms in total. The number of aromatic nitrogens is 4. The minimum absolute atomic E-state index is 0.00560. The Morgan fingerprint density at radius 3 is 2.55 bits per heavy atom. The van der Waals surface area contributed by atoms with Gasteiger partial charge in [-0.15, -0.1) is 0 Å². The van der Waals surface area contributed by atoms with Gasteiger partial charge >= 0.3 is 5.97 Å². The van der Waals surface area contributed by atoms with E-state index in [4.69, 9.17) is 31.5 Å². The monoisotopic (exact) mass is 597 g/mol. The van der Waals surface area contributed by atoms with Crippen LogP contribution in [0, 0.1) is 6.92 Å². The number of rotatable bonds is 10. The fraction of sp³-hybridized carbons (Fsp3) is 0.345. The number of ether oxygens (including phenoxy) is 3. The first kappa shape index (κ1) is 29.5. The molecule has 0 radical (unpaired) electrons. The third-order valence-electron chi connectivity index (χ3n) is 7.17. The minimum atomic E-state index is -2.09. The van der Waals surface area contributed by atoms with Crippen molar-refractivity contribution in [3.05, 3.63) is 82.9 Å². The van der Waals surface area contributed by atoms with E-state index in [1.807, 2.05) is 25.1 Å². The van der Waals surface area contributed by atoms with E-state index in [0.29, 0.717) is 11.1 Å². The maximum Gasteiger partial charge on any atom is 0.346 e. The summed E-state index contributed by atoms with van der Waals surface area (Å²) in [6, 6.07) is 16.2. The second kappa shape index (κ2) is 12.1. The highest BCUT2D eigenvalue weighted by molar-refractivity contribution is 6.28. The summed E-state index contributed by atoms with van der Waals surface area (Å²) in [6.07, 6.45) is -5.17. The zero-order valence-electron chi connectivity index (χ0n) is 22.8. The first-order chi connectivity index (χ1) is 20.1. The van der Waals surface area contributed by atoms with Crippen molar-refractivity contribution in [1.82, 2.24) is 19.5 Å². The van der Waals surface area contributed by atoms with Gasteiger partial charge in [-0.3, -0.25) is 9.36 Å². The number of nitrogen functional groups attached to an aromatic ring is 1. The Kier molecular flexibility index (Phi) is 8.50. The number of carbonyl (C=O) groups is 2. The molecule has 0 spiro atoms. The van der Waals surface area contributed by atoms with Crippen LogP contribution in [0.15, 0.2) is 60.9 Å². The number of esters is 1. The predicted molar refractivity (Wildman–Crippen MR) is 150 cm³/mol. The van der Waals surface area contributed by atoms with Crippen LogP contribution < -0.4 is 5.73 Å². The summed E-state index contributed by atoms with van der Waals surface area (Å²) in [4.78, 5) is 38.7. The number of nitrogens with two attached hydrogens (primary N) is 1. The fourth-order valence-electron chi connectivity index (χ4n) is 4.77. The summed E-state index contributed by atoms with van der Waals surface area (Å²) in [5.74, 6) is -1.54. The van der Waals surface area contributed by atoms with Crippen molar-refractivity contribution in [1.29, 1.82) is 0 Å². The van der Waals surface area contributed by atoms with E-state index in [2.05, 4.69) is 15.0 Å². The highest BCUT2D eigenvalue weighted by Crippen LogP contribution is 2.35. The van der Waals surface area contributed by atoms with Crippen LogP contribution in [0.3, 0.4) is 0 Å². The number of hydrogen-bond donors (Lipinski definition) is 2. The number of carbonyl (C=O) groups excluding carboxylic acids is 2. The number of alkyl halides is 1. The normalized spacial score (nSPS) is 21.7. The van der Waals surface area contributed by atoms with Gasteiger partial charge in [-0.25, -0.2) is 14.2 Å². The summed E-state index contributed by atoms with van der Waals surface area (Å²) < 4.78 is 34.0. The highest BCUT2D eigenvalue weighted by Gasteiger charge is 2.51.